The molecule has 0 saturated carbocycles. The van der Waals surface area contributed by atoms with Crippen LogP contribution in [0.15, 0.2) is 69.9 Å². The van der Waals surface area contributed by atoms with E-state index in [9.17, 15) is 14.7 Å². The van der Waals surface area contributed by atoms with Crippen LogP contribution in [0.5, 0.6) is 5.75 Å². The van der Waals surface area contributed by atoms with Gasteiger partial charge in [-0.25, -0.2) is 9.59 Å². The Bertz CT molecular complexity index is 1260. The summed E-state index contributed by atoms with van der Waals surface area (Å²) < 4.78 is 11.0. The van der Waals surface area contributed by atoms with Gasteiger partial charge in [-0.05, 0) is 22.3 Å². The van der Waals surface area contributed by atoms with Crippen LogP contribution >= 0.6 is 11.3 Å². The highest BCUT2D eigenvalue weighted by Gasteiger charge is 2.29. The number of nitrogens with one attached hydrogen (secondary N) is 1. The number of benzene rings is 3. The smallest absolute Gasteiger partial charge is 0.411 e. The Kier molecular flexibility index (Phi) is 4.10. The van der Waals surface area contributed by atoms with Gasteiger partial charge in [0.2, 0.25) is 0 Å². The molecule has 3 aromatic carbocycles. The van der Waals surface area contributed by atoms with Gasteiger partial charge in [-0.15, -0.1) is 0 Å². The van der Waals surface area contributed by atoms with Crippen LogP contribution in [0.4, 0.5) is 10.5 Å². The summed E-state index contributed by atoms with van der Waals surface area (Å²) in [5, 5.41) is 12.6. The Morgan fingerprint density at radius 3 is 2.41 bits per heavy atom. The van der Waals surface area contributed by atoms with Gasteiger partial charge in [0.15, 0.2) is 5.58 Å². The van der Waals surface area contributed by atoms with Crippen LogP contribution in [-0.4, -0.2) is 17.8 Å². The van der Waals surface area contributed by atoms with E-state index in [0.29, 0.717) is 10.3 Å². The molecule has 144 valence electrons. The van der Waals surface area contributed by atoms with E-state index in [4.69, 9.17) is 9.15 Å². The topological polar surface area (TPSA) is 88.8 Å². The molecule has 0 fully saturated rings. The molecule has 1 aliphatic carbocycles. The van der Waals surface area contributed by atoms with Crippen molar-refractivity contribution in [3.8, 4) is 16.9 Å². The summed E-state index contributed by atoms with van der Waals surface area (Å²) in [4.78, 5) is 23.2. The van der Waals surface area contributed by atoms with Gasteiger partial charge in [0.25, 0.3) is 0 Å². The fourth-order valence-corrected chi connectivity index (χ4v) is 4.44. The molecule has 0 radical (unpaired) electrons. The predicted octanol–water partition coefficient (Wildman–Crippen LogP) is 4.92. The number of anilines is 1. The molecule has 0 spiro atoms. The van der Waals surface area contributed by atoms with Crippen molar-refractivity contribution in [3.63, 3.8) is 0 Å². The number of fused-ring (bicyclic) bond motifs is 4. The number of phenolic OH excluding ortho intramolecular Hbond substituents is 1. The van der Waals surface area contributed by atoms with Crippen molar-refractivity contribution in [3.05, 3.63) is 81.5 Å². The van der Waals surface area contributed by atoms with Crippen molar-refractivity contribution in [1.29, 1.82) is 0 Å². The van der Waals surface area contributed by atoms with Crippen molar-refractivity contribution < 1.29 is 19.1 Å². The van der Waals surface area contributed by atoms with Gasteiger partial charge in [0, 0.05) is 18.1 Å². The average molecular weight is 405 g/mol. The summed E-state index contributed by atoms with van der Waals surface area (Å²) in [5.41, 5.74) is 4.94. The number of rotatable bonds is 3. The van der Waals surface area contributed by atoms with Gasteiger partial charge in [0.1, 0.15) is 12.4 Å². The zero-order chi connectivity index (χ0) is 20.0. The third kappa shape index (κ3) is 3.05. The van der Waals surface area contributed by atoms with Crippen molar-refractivity contribution in [2.75, 3.05) is 11.9 Å². The second-order valence-corrected chi connectivity index (χ2v) is 7.70. The van der Waals surface area contributed by atoms with Gasteiger partial charge in [-0.3, -0.25) is 5.32 Å². The van der Waals surface area contributed by atoms with E-state index in [-0.39, 0.29) is 24.0 Å². The maximum atomic E-state index is 12.4. The van der Waals surface area contributed by atoms with E-state index in [1.807, 2.05) is 36.4 Å². The molecule has 1 amide bonds. The van der Waals surface area contributed by atoms with Crippen LogP contribution < -0.4 is 10.3 Å². The number of hydrogen-bond donors (Lipinski definition) is 2. The lowest BCUT2D eigenvalue weighted by Gasteiger charge is -2.15. The second-order valence-electron chi connectivity index (χ2n) is 6.72. The molecule has 7 heteroatoms. The first-order valence-electron chi connectivity index (χ1n) is 8.99. The highest BCUT2D eigenvalue weighted by molar-refractivity contribution is 7.16. The minimum Gasteiger partial charge on any atom is -0.506 e. The minimum absolute atomic E-state index is 0.0564. The highest BCUT2D eigenvalue weighted by Crippen LogP contribution is 2.44. The molecular formula is C22H15NO5S. The summed E-state index contributed by atoms with van der Waals surface area (Å²) in [6.07, 6.45) is -0.695. The van der Waals surface area contributed by atoms with Gasteiger partial charge in [-0.2, -0.15) is 0 Å². The molecule has 1 aliphatic rings. The Balaban J connectivity index is 1.35. The molecule has 5 rings (SSSR count). The number of amides is 1. The van der Waals surface area contributed by atoms with Crippen LogP contribution in [0.2, 0.25) is 0 Å². The van der Waals surface area contributed by atoms with E-state index in [1.54, 1.807) is 0 Å². The summed E-state index contributed by atoms with van der Waals surface area (Å²) in [6.45, 7) is 0.163. The number of phenols is 1. The predicted molar refractivity (Wildman–Crippen MR) is 111 cm³/mol. The lowest BCUT2D eigenvalue weighted by atomic mass is 9.98. The van der Waals surface area contributed by atoms with Crippen molar-refractivity contribution in [2.24, 2.45) is 0 Å². The second kappa shape index (κ2) is 6.79. The van der Waals surface area contributed by atoms with E-state index in [0.717, 1.165) is 33.6 Å². The lowest BCUT2D eigenvalue weighted by molar-refractivity contribution is 0.158. The third-order valence-corrected chi connectivity index (χ3v) is 5.82. The van der Waals surface area contributed by atoms with Crippen molar-refractivity contribution in [1.82, 2.24) is 0 Å². The molecule has 0 atom stereocenters. The molecule has 1 aromatic heterocycles. The van der Waals surface area contributed by atoms with Crippen molar-refractivity contribution >= 4 is 33.4 Å². The van der Waals surface area contributed by atoms with Gasteiger partial charge >= 0.3 is 11.0 Å². The summed E-state index contributed by atoms with van der Waals surface area (Å²) in [6, 6.07) is 18.9. The maximum absolute atomic E-state index is 12.4. The first-order chi connectivity index (χ1) is 14.1. The lowest BCUT2D eigenvalue weighted by Crippen LogP contribution is -2.18. The molecule has 0 unspecified atom stereocenters. The number of aromatic hydroxyl groups is 1. The average Bonchev–Trinajstić information content (AvgIpc) is 3.23. The molecule has 0 bridgehead atoms. The van der Waals surface area contributed by atoms with Crippen LogP contribution in [-0.2, 0) is 4.74 Å². The molecular weight excluding hydrogens is 390 g/mol. The Labute approximate surface area is 169 Å². The van der Waals surface area contributed by atoms with E-state index < -0.39 is 11.0 Å². The molecule has 1 heterocycles. The van der Waals surface area contributed by atoms with Crippen LogP contribution in [0.25, 0.3) is 21.4 Å². The van der Waals surface area contributed by atoms with Gasteiger partial charge in [-0.1, -0.05) is 59.9 Å². The van der Waals surface area contributed by atoms with Crippen LogP contribution in [0.3, 0.4) is 0 Å². The standard InChI is InChI=1S/C22H15NO5S/c24-18-10-20-19(28-22(26)29-20)9-17(18)23-21(25)27-11-16-14-7-3-1-5-12(14)13-6-2-4-8-15(13)16/h1-10,16,24H,11H2,(H,23,25). The van der Waals surface area contributed by atoms with E-state index in [1.165, 1.54) is 12.1 Å². The molecule has 0 saturated heterocycles. The number of carbonyl (C=O) groups is 1. The largest absolute Gasteiger partial charge is 0.506 e. The fourth-order valence-electron chi connectivity index (χ4n) is 3.75. The Morgan fingerprint density at radius 1 is 1.07 bits per heavy atom. The van der Waals surface area contributed by atoms with Crippen LogP contribution in [0, 0.1) is 0 Å². The first kappa shape index (κ1) is 17.5. The van der Waals surface area contributed by atoms with E-state index in [2.05, 4.69) is 17.4 Å². The molecule has 4 aromatic rings. The normalized spacial score (nSPS) is 12.6. The van der Waals surface area contributed by atoms with Gasteiger partial charge < -0.3 is 14.3 Å². The van der Waals surface area contributed by atoms with Gasteiger partial charge in [0.05, 0.1) is 10.4 Å². The SMILES string of the molecule is O=C(Nc1cc2oc(=O)sc2cc1O)OCC1c2ccccc2-c2ccccc21. The minimum atomic E-state index is -0.695. The van der Waals surface area contributed by atoms with Crippen LogP contribution in [0.1, 0.15) is 17.0 Å². The quantitative estimate of drug-likeness (QED) is 0.472. The highest BCUT2D eigenvalue weighted by atomic mass is 32.1. The monoisotopic (exact) mass is 405 g/mol. The summed E-state index contributed by atoms with van der Waals surface area (Å²) in [7, 11) is 0. The molecule has 29 heavy (non-hydrogen) atoms. The zero-order valence-electron chi connectivity index (χ0n) is 15.0. The number of hydrogen-bond acceptors (Lipinski definition) is 6. The van der Waals surface area contributed by atoms with E-state index >= 15 is 0 Å². The summed E-state index contributed by atoms with van der Waals surface area (Å²) in [5.74, 6) is -0.220. The maximum Gasteiger partial charge on any atom is 0.411 e. The Morgan fingerprint density at radius 2 is 1.72 bits per heavy atom. The third-order valence-electron chi connectivity index (χ3n) is 5.03. The van der Waals surface area contributed by atoms with Crippen molar-refractivity contribution in [2.45, 2.75) is 5.92 Å². The zero-order valence-corrected chi connectivity index (χ0v) is 15.9. The first-order valence-corrected chi connectivity index (χ1v) is 9.80. The number of carbonyl (C=O) groups excluding carboxylic acids is 1. The number of ether oxygens (including phenoxy) is 1. The molecule has 0 aliphatic heterocycles. The molecule has 6 nitrogen and oxygen atoms in total. The molecule has 2 N–H and O–H groups in total. The Hall–Kier alpha value is -3.58. The summed E-state index contributed by atoms with van der Waals surface area (Å²) >= 11 is 0.882. The fraction of sp³-hybridized carbons (Fsp3) is 0.0909.